The molecule has 0 unspecified atom stereocenters. The Morgan fingerprint density at radius 1 is 1.35 bits per heavy atom. The van der Waals surface area contributed by atoms with Crippen LogP contribution in [0.5, 0.6) is 5.75 Å². The van der Waals surface area contributed by atoms with Crippen LogP contribution >= 0.6 is 0 Å². The van der Waals surface area contributed by atoms with E-state index in [1.807, 2.05) is 13.8 Å². The van der Waals surface area contributed by atoms with Gasteiger partial charge in [0.05, 0.1) is 17.2 Å². The predicted molar refractivity (Wildman–Crippen MR) is 72.1 cm³/mol. The fourth-order valence-corrected chi connectivity index (χ4v) is 1.67. The molecule has 104 valence electrons. The highest BCUT2D eigenvalue weighted by Crippen LogP contribution is 2.32. The summed E-state index contributed by atoms with van der Waals surface area (Å²) in [4.78, 5) is 22.0. The summed E-state index contributed by atoms with van der Waals surface area (Å²) < 4.78 is 5.50. The van der Waals surface area contributed by atoms with E-state index in [1.54, 1.807) is 6.07 Å². The van der Waals surface area contributed by atoms with Gasteiger partial charge in [-0.3, -0.25) is 15.1 Å². The maximum atomic E-state index is 11.1. The van der Waals surface area contributed by atoms with Crippen molar-refractivity contribution in [3.8, 4) is 17.0 Å². The van der Waals surface area contributed by atoms with Gasteiger partial charge in [-0.25, -0.2) is 9.97 Å². The Morgan fingerprint density at radius 3 is 2.75 bits per heavy atom. The molecule has 0 atom stereocenters. The second-order valence-corrected chi connectivity index (χ2v) is 4.29. The van der Waals surface area contributed by atoms with E-state index in [2.05, 4.69) is 15.0 Å². The number of rotatable bonds is 4. The molecule has 0 spiro atoms. The standard InChI is InChI=1S/C12H13N5O3/c1-7(2)20-9-3-8(4-14-5-9)10-11(17(18)19)12(13)16-6-15-10/h3-7H,1-2H3,(H2,13,15,16). The first-order chi connectivity index (χ1) is 9.49. The third kappa shape index (κ3) is 2.79. The lowest BCUT2D eigenvalue weighted by Crippen LogP contribution is -2.06. The zero-order valence-electron chi connectivity index (χ0n) is 11.0. The largest absolute Gasteiger partial charge is 0.489 e. The fourth-order valence-electron chi connectivity index (χ4n) is 1.67. The minimum atomic E-state index is -0.610. The molecule has 2 rings (SSSR count). The first kappa shape index (κ1) is 13.7. The van der Waals surface area contributed by atoms with Gasteiger partial charge in [-0.15, -0.1) is 0 Å². The molecule has 20 heavy (non-hydrogen) atoms. The van der Waals surface area contributed by atoms with Crippen LogP contribution < -0.4 is 10.5 Å². The van der Waals surface area contributed by atoms with E-state index in [1.165, 1.54) is 18.7 Å². The maximum Gasteiger partial charge on any atom is 0.337 e. The molecule has 0 radical (unpaired) electrons. The maximum absolute atomic E-state index is 11.1. The second-order valence-electron chi connectivity index (χ2n) is 4.29. The molecule has 8 nitrogen and oxygen atoms in total. The number of pyridine rings is 1. The van der Waals surface area contributed by atoms with Crippen molar-refractivity contribution in [3.63, 3.8) is 0 Å². The van der Waals surface area contributed by atoms with Gasteiger partial charge in [0.1, 0.15) is 12.1 Å². The summed E-state index contributed by atoms with van der Waals surface area (Å²) in [6.45, 7) is 3.75. The number of nitrogen functional groups attached to an aromatic ring is 1. The van der Waals surface area contributed by atoms with E-state index < -0.39 is 4.92 Å². The molecule has 0 saturated carbocycles. The monoisotopic (exact) mass is 275 g/mol. The smallest absolute Gasteiger partial charge is 0.337 e. The van der Waals surface area contributed by atoms with E-state index in [-0.39, 0.29) is 23.3 Å². The van der Waals surface area contributed by atoms with Gasteiger partial charge in [0.15, 0.2) is 5.69 Å². The van der Waals surface area contributed by atoms with Crippen LogP contribution in [0.15, 0.2) is 24.8 Å². The molecule has 2 aromatic rings. The molecule has 0 aliphatic heterocycles. The van der Waals surface area contributed by atoms with Gasteiger partial charge in [-0.2, -0.15) is 0 Å². The minimum absolute atomic E-state index is 0.0301. The van der Waals surface area contributed by atoms with Gasteiger partial charge in [-0.1, -0.05) is 0 Å². The number of nitrogens with two attached hydrogens (primary N) is 1. The van der Waals surface area contributed by atoms with Crippen molar-refractivity contribution in [2.24, 2.45) is 0 Å². The summed E-state index contributed by atoms with van der Waals surface area (Å²) in [6, 6.07) is 1.63. The molecule has 0 aliphatic rings. The van der Waals surface area contributed by atoms with Crippen LogP contribution in [-0.2, 0) is 0 Å². The molecule has 2 N–H and O–H groups in total. The highest BCUT2D eigenvalue weighted by molar-refractivity contribution is 5.75. The molecule has 0 amide bonds. The van der Waals surface area contributed by atoms with Crippen molar-refractivity contribution in [2.75, 3.05) is 5.73 Å². The van der Waals surface area contributed by atoms with Gasteiger partial charge >= 0.3 is 5.69 Å². The van der Waals surface area contributed by atoms with Crippen molar-refractivity contribution in [1.29, 1.82) is 0 Å². The van der Waals surface area contributed by atoms with Crippen LogP contribution in [0.1, 0.15) is 13.8 Å². The number of anilines is 1. The highest BCUT2D eigenvalue weighted by Gasteiger charge is 2.22. The Kier molecular flexibility index (Phi) is 3.74. The van der Waals surface area contributed by atoms with Crippen molar-refractivity contribution >= 4 is 11.5 Å². The molecule has 0 saturated heterocycles. The van der Waals surface area contributed by atoms with Gasteiger partial charge in [-0.05, 0) is 19.9 Å². The quantitative estimate of drug-likeness (QED) is 0.667. The molecule has 2 heterocycles. The fraction of sp³-hybridized carbons (Fsp3) is 0.250. The Morgan fingerprint density at radius 2 is 2.10 bits per heavy atom. The SMILES string of the molecule is CC(C)Oc1cncc(-c2ncnc(N)c2[N+](=O)[O-])c1. The minimum Gasteiger partial charge on any atom is -0.489 e. The summed E-state index contributed by atoms with van der Waals surface area (Å²) in [5, 5.41) is 11.1. The van der Waals surface area contributed by atoms with Crippen molar-refractivity contribution in [3.05, 3.63) is 34.9 Å². The Hall–Kier alpha value is -2.77. The van der Waals surface area contributed by atoms with E-state index in [4.69, 9.17) is 10.5 Å². The van der Waals surface area contributed by atoms with E-state index in [0.29, 0.717) is 11.3 Å². The summed E-state index contributed by atoms with van der Waals surface area (Å²) in [7, 11) is 0. The van der Waals surface area contributed by atoms with E-state index in [9.17, 15) is 10.1 Å². The van der Waals surface area contributed by atoms with Crippen LogP contribution in [-0.4, -0.2) is 26.0 Å². The van der Waals surface area contributed by atoms with Crippen molar-refractivity contribution in [1.82, 2.24) is 15.0 Å². The lowest BCUT2D eigenvalue weighted by molar-refractivity contribution is -0.383. The summed E-state index contributed by atoms with van der Waals surface area (Å²) >= 11 is 0. The predicted octanol–water partition coefficient (Wildman–Crippen LogP) is 1.82. The van der Waals surface area contributed by atoms with Gasteiger partial charge in [0.25, 0.3) is 0 Å². The highest BCUT2D eigenvalue weighted by atomic mass is 16.6. The van der Waals surface area contributed by atoms with Crippen LogP contribution in [0.3, 0.4) is 0 Å². The normalized spacial score (nSPS) is 10.6. The summed E-state index contributed by atoms with van der Waals surface area (Å²) in [5.74, 6) is 0.319. The average molecular weight is 275 g/mol. The molecule has 2 aromatic heterocycles. The lowest BCUT2D eigenvalue weighted by atomic mass is 10.1. The number of aromatic nitrogens is 3. The molecule has 8 heteroatoms. The first-order valence-electron chi connectivity index (χ1n) is 5.86. The summed E-state index contributed by atoms with van der Waals surface area (Å²) in [5.41, 5.74) is 5.76. The third-order valence-corrected chi connectivity index (χ3v) is 2.39. The average Bonchev–Trinajstić information content (AvgIpc) is 2.37. The van der Waals surface area contributed by atoms with Gasteiger partial charge in [0, 0.05) is 11.8 Å². The lowest BCUT2D eigenvalue weighted by Gasteiger charge is -2.10. The number of nitro groups is 1. The van der Waals surface area contributed by atoms with E-state index in [0.717, 1.165) is 0 Å². The van der Waals surface area contributed by atoms with Gasteiger partial charge < -0.3 is 10.5 Å². The molecular weight excluding hydrogens is 262 g/mol. The third-order valence-electron chi connectivity index (χ3n) is 2.39. The van der Waals surface area contributed by atoms with Crippen LogP contribution in [0.25, 0.3) is 11.3 Å². The van der Waals surface area contributed by atoms with Gasteiger partial charge in [0.2, 0.25) is 5.82 Å². The number of nitrogens with zero attached hydrogens (tertiary/aromatic N) is 4. The Labute approximate surface area is 114 Å². The molecule has 0 bridgehead atoms. The van der Waals surface area contributed by atoms with Crippen molar-refractivity contribution < 1.29 is 9.66 Å². The molecule has 0 aromatic carbocycles. The van der Waals surface area contributed by atoms with Crippen LogP contribution in [0, 0.1) is 10.1 Å². The molecule has 0 fully saturated rings. The second kappa shape index (κ2) is 5.47. The Bertz CT molecular complexity index is 645. The topological polar surface area (TPSA) is 117 Å². The van der Waals surface area contributed by atoms with Crippen LogP contribution in [0.4, 0.5) is 11.5 Å². The van der Waals surface area contributed by atoms with E-state index >= 15 is 0 Å². The summed E-state index contributed by atoms with van der Waals surface area (Å²) in [6.07, 6.45) is 4.13. The number of hydrogen-bond donors (Lipinski definition) is 1. The zero-order chi connectivity index (χ0) is 14.7. The molecular formula is C12H13N5O3. The Balaban J connectivity index is 2.52. The zero-order valence-corrected chi connectivity index (χ0v) is 11.0. The van der Waals surface area contributed by atoms with Crippen molar-refractivity contribution in [2.45, 2.75) is 20.0 Å². The first-order valence-corrected chi connectivity index (χ1v) is 5.86. The van der Waals surface area contributed by atoms with Crippen LogP contribution in [0.2, 0.25) is 0 Å². The number of ether oxygens (including phenoxy) is 1. The number of hydrogen-bond acceptors (Lipinski definition) is 7. The molecule has 0 aliphatic carbocycles.